The molecule has 2 aliphatic rings. The standard InChI is InChI=1S/C17H16ClFN4O2/c18-10-9-12(21-14-11(19)5-4-8-20-14)16(25)23-13(10)15(24)22-17(23)6-2-1-3-7-17/h4-5,8-9H,1-3,6-7H2,(H,20,21)(H,22,24). The van der Waals surface area contributed by atoms with Gasteiger partial charge in [0, 0.05) is 6.20 Å². The summed E-state index contributed by atoms with van der Waals surface area (Å²) < 4.78 is 15.3. The molecule has 1 fully saturated rings. The molecule has 130 valence electrons. The molecule has 2 N–H and O–H groups in total. The fourth-order valence-electron chi connectivity index (χ4n) is 3.71. The van der Waals surface area contributed by atoms with Crippen LogP contribution in [-0.2, 0) is 5.66 Å². The van der Waals surface area contributed by atoms with Gasteiger partial charge in [-0.3, -0.25) is 14.2 Å². The lowest BCUT2D eigenvalue weighted by atomic mass is 9.89. The Morgan fingerprint density at radius 1 is 1.28 bits per heavy atom. The van der Waals surface area contributed by atoms with Crippen LogP contribution in [0.1, 0.15) is 42.6 Å². The van der Waals surface area contributed by atoms with E-state index in [0.29, 0.717) is 12.8 Å². The molecule has 0 bridgehead atoms. The SMILES string of the molecule is O=C1NC2(CCCCC2)n2c1c(Cl)cc(Nc1ncccc1F)c2=O. The van der Waals surface area contributed by atoms with Crippen LogP contribution in [-0.4, -0.2) is 15.5 Å². The average molecular weight is 363 g/mol. The molecule has 2 aromatic rings. The van der Waals surface area contributed by atoms with Gasteiger partial charge in [-0.1, -0.05) is 18.0 Å². The summed E-state index contributed by atoms with van der Waals surface area (Å²) in [5.74, 6) is -0.990. The predicted octanol–water partition coefficient (Wildman–Crippen LogP) is 3.14. The van der Waals surface area contributed by atoms with E-state index in [2.05, 4.69) is 15.6 Å². The molecule has 8 heteroatoms. The maximum absolute atomic E-state index is 13.9. The number of aromatic nitrogens is 2. The first-order valence-electron chi connectivity index (χ1n) is 8.18. The van der Waals surface area contributed by atoms with Crippen LogP contribution in [0.3, 0.4) is 0 Å². The van der Waals surface area contributed by atoms with Gasteiger partial charge in [0.25, 0.3) is 11.5 Å². The molecule has 0 radical (unpaired) electrons. The van der Waals surface area contributed by atoms with Crippen LogP contribution in [0.15, 0.2) is 29.2 Å². The summed E-state index contributed by atoms with van der Waals surface area (Å²) >= 11 is 6.28. The summed E-state index contributed by atoms with van der Waals surface area (Å²) in [7, 11) is 0. The third kappa shape index (κ3) is 2.50. The van der Waals surface area contributed by atoms with Gasteiger partial charge in [0.05, 0.1) is 5.02 Å². The van der Waals surface area contributed by atoms with Crippen LogP contribution in [0.25, 0.3) is 0 Å². The number of amides is 1. The number of pyridine rings is 2. The Bertz CT molecular complexity index is 921. The van der Waals surface area contributed by atoms with Crippen molar-refractivity contribution in [2.45, 2.75) is 37.8 Å². The van der Waals surface area contributed by atoms with E-state index in [9.17, 15) is 14.0 Å². The Kier molecular flexibility index (Phi) is 3.76. The topological polar surface area (TPSA) is 76.0 Å². The van der Waals surface area contributed by atoms with Crippen molar-refractivity contribution in [3.8, 4) is 0 Å². The minimum absolute atomic E-state index is 0.0637. The van der Waals surface area contributed by atoms with Gasteiger partial charge in [0.1, 0.15) is 17.0 Å². The number of rotatable bonds is 2. The second kappa shape index (κ2) is 5.84. The van der Waals surface area contributed by atoms with E-state index < -0.39 is 17.0 Å². The second-order valence-corrected chi connectivity index (χ2v) is 6.81. The molecule has 0 aromatic carbocycles. The third-order valence-electron chi connectivity index (χ3n) is 4.84. The van der Waals surface area contributed by atoms with E-state index in [-0.39, 0.29) is 28.1 Å². The van der Waals surface area contributed by atoms with Gasteiger partial charge in [-0.25, -0.2) is 9.37 Å². The number of hydrogen-bond donors (Lipinski definition) is 2. The molecule has 3 heterocycles. The summed E-state index contributed by atoms with van der Waals surface area (Å²) in [5, 5.41) is 5.80. The van der Waals surface area contributed by atoms with Crippen molar-refractivity contribution in [3.63, 3.8) is 0 Å². The van der Waals surface area contributed by atoms with E-state index in [0.717, 1.165) is 19.3 Å². The first kappa shape index (κ1) is 16.1. The summed E-state index contributed by atoms with van der Waals surface area (Å²) in [4.78, 5) is 29.3. The number of carbonyl (C=O) groups excluding carboxylic acids is 1. The van der Waals surface area contributed by atoms with Crippen LogP contribution >= 0.6 is 11.6 Å². The average Bonchev–Trinajstić information content (AvgIpc) is 2.87. The van der Waals surface area contributed by atoms with Gasteiger partial charge >= 0.3 is 0 Å². The van der Waals surface area contributed by atoms with E-state index >= 15 is 0 Å². The van der Waals surface area contributed by atoms with Crippen molar-refractivity contribution in [3.05, 3.63) is 51.3 Å². The van der Waals surface area contributed by atoms with Gasteiger partial charge in [0.15, 0.2) is 11.6 Å². The van der Waals surface area contributed by atoms with Gasteiger partial charge in [-0.15, -0.1) is 0 Å². The summed E-state index contributed by atoms with van der Waals surface area (Å²) in [6.45, 7) is 0. The quantitative estimate of drug-likeness (QED) is 0.860. The fraction of sp³-hybridized carbons (Fsp3) is 0.353. The molecule has 1 aliphatic heterocycles. The molecular formula is C17H16ClFN4O2. The first-order chi connectivity index (χ1) is 12.0. The van der Waals surface area contributed by atoms with Crippen molar-refractivity contribution in [1.82, 2.24) is 14.9 Å². The highest BCUT2D eigenvalue weighted by Gasteiger charge is 2.45. The molecule has 1 saturated carbocycles. The van der Waals surface area contributed by atoms with Crippen LogP contribution in [0.5, 0.6) is 0 Å². The number of carbonyl (C=O) groups is 1. The lowest BCUT2D eigenvalue weighted by Gasteiger charge is -2.35. The maximum atomic E-state index is 13.9. The Labute approximate surface area is 148 Å². The van der Waals surface area contributed by atoms with Crippen LogP contribution < -0.4 is 16.2 Å². The maximum Gasteiger partial charge on any atom is 0.276 e. The molecule has 4 rings (SSSR count). The Hall–Kier alpha value is -2.41. The number of nitrogens with zero attached hydrogens (tertiary/aromatic N) is 2. The highest BCUT2D eigenvalue weighted by Crippen LogP contribution is 2.38. The van der Waals surface area contributed by atoms with E-state index in [4.69, 9.17) is 11.6 Å². The zero-order chi connectivity index (χ0) is 17.6. The molecule has 0 atom stereocenters. The van der Waals surface area contributed by atoms with Gasteiger partial charge in [-0.05, 0) is 43.9 Å². The monoisotopic (exact) mass is 362 g/mol. The molecule has 0 saturated heterocycles. The smallest absolute Gasteiger partial charge is 0.276 e. The molecule has 0 unspecified atom stereocenters. The van der Waals surface area contributed by atoms with Crippen molar-refractivity contribution in [2.75, 3.05) is 5.32 Å². The van der Waals surface area contributed by atoms with Gasteiger partial charge in [-0.2, -0.15) is 0 Å². The van der Waals surface area contributed by atoms with Gasteiger partial charge < -0.3 is 10.6 Å². The van der Waals surface area contributed by atoms with Crippen LogP contribution in [0.2, 0.25) is 5.02 Å². The highest BCUT2D eigenvalue weighted by atomic mass is 35.5. The molecule has 6 nitrogen and oxygen atoms in total. The lowest BCUT2D eigenvalue weighted by molar-refractivity contribution is 0.0877. The zero-order valence-corrected chi connectivity index (χ0v) is 14.1. The van der Waals surface area contributed by atoms with Crippen molar-refractivity contribution >= 4 is 29.0 Å². The van der Waals surface area contributed by atoms with Gasteiger partial charge in [0.2, 0.25) is 0 Å². The molecule has 1 aliphatic carbocycles. The van der Waals surface area contributed by atoms with E-state index in [1.165, 1.54) is 29.0 Å². The number of fused-ring (bicyclic) bond motifs is 2. The second-order valence-electron chi connectivity index (χ2n) is 6.40. The Morgan fingerprint density at radius 2 is 2.04 bits per heavy atom. The largest absolute Gasteiger partial charge is 0.333 e. The summed E-state index contributed by atoms with van der Waals surface area (Å²) in [6, 6.07) is 4.06. The number of halogens is 2. The predicted molar refractivity (Wildman–Crippen MR) is 91.7 cm³/mol. The molecular weight excluding hydrogens is 347 g/mol. The van der Waals surface area contributed by atoms with Crippen molar-refractivity contribution < 1.29 is 9.18 Å². The van der Waals surface area contributed by atoms with Crippen molar-refractivity contribution in [1.29, 1.82) is 0 Å². The van der Waals surface area contributed by atoms with Crippen molar-refractivity contribution in [2.24, 2.45) is 0 Å². The molecule has 25 heavy (non-hydrogen) atoms. The number of nitrogens with one attached hydrogen (secondary N) is 2. The van der Waals surface area contributed by atoms with Crippen LogP contribution in [0, 0.1) is 5.82 Å². The number of anilines is 2. The minimum Gasteiger partial charge on any atom is -0.333 e. The number of hydrogen-bond acceptors (Lipinski definition) is 4. The molecule has 2 aromatic heterocycles. The molecule has 1 spiro atoms. The zero-order valence-electron chi connectivity index (χ0n) is 13.3. The van der Waals surface area contributed by atoms with E-state index in [1.54, 1.807) is 0 Å². The van der Waals surface area contributed by atoms with Crippen LogP contribution in [0.4, 0.5) is 15.9 Å². The lowest BCUT2D eigenvalue weighted by Crippen LogP contribution is -2.48. The Balaban J connectivity index is 1.86. The highest BCUT2D eigenvalue weighted by molar-refractivity contribution is 6.34. The summed E-state index contributed by atoms with van der Waals surface area (Å²) in [5.41, 5.74) is -0.899. The Morgan fingerprint density at radius 3 is 2.76 bits per heavy atom. The first-order valence-corrected chi connectivity index (χ1v) is 8.56. The summed E-state index contributed by atoms with van der Waals surface area (Å²) in [6.07, 6.45) is 5.65. The van der Waals surface area contributed by atoms with E-state index in [1.807, 2.05) is 0 Å². The third-order valence-corrected chi connectivity index (χ3v) is 5.12. The normalized spacial score (nSPS) is 18.1. The fourth-order valence-corrected chi connectivity index (χ4v) is 3.99. The molecule has 1 amide bonds. The minimum atomic E-state index is -0.744.